The second-order valence-corrected chi connectivity index (χ2v) is 5.30. The van der Waals surface area contributed by atoms with Gasteiger partial charge in [0.2, 0.25) is 0 Å². The average molecular weight is 315 g/mol. The third-order valence-electron chi connectivity index (χ3n) is 3.13. The molecule has 3 nitrogen and oxygen atoms in total. The summed E-state index contributed by atoms with van der Waals surface area (Å²) in [6, 6.07) is 5.41. The van der Waals surface area contributed by atoms with E-state index in [0.717, 1.165) is 22.6 Å². The van der Waals surface area contributed by atoms with Crippen molar-refractivity contribution in [3.63, 3.8) is 0 Å². The van der Waals surface area contributed by atoms with Gasteiger partial charge < -0.3 is 13.9 Å². The number of ether oxygens (including phenoxy) is 2. The van der Waals surface area contributed by atoms with Crippen LogP contribution in [0, 0.1) is 13.8 Å². The Bertz CT molecular complexity index is 620. The van der Waals surface area contributed by atoms with Crippen molar-refractivity contribution in [3.05, 3.63) is 45.9 Å². The molecule has 0 N–H and O–H groups in total. The van der Waals surface area contributed by atoms with Crippen molar-refractivity contribution in [1.29, 1.82) is 0 Å². The molecule has 1 heterocycles. The standard InChI is InChI=1S/C15H16Cl2O3/c1-8-5-10(9(2)20-8)15(17)11-6-13(18-3)14(19-4)7-12(11)16/h5-7,15H,1-4H3. The van der Waals surface area contributed by atoms with Crippen LogP contribution >= 0.6 is 23.2 Å². The van der Waals surface area contributed by atoms with Gasteiger partial charge in [-0.15, -0.1) is 11.6 Å². The molecule has 0 aliphatic rings. The number of rotatable bonds is 4. The third kappa shape index (κ3) is 2.74. The summed E-state index contributed by atoms with van der Waals surface area (Å²) in [6.45, 7) is 3.77. The lowest BCUT2D eigenvalue weighted by Crippen LogP contribution is -1.98. The predicted octanol–water partition coefficient (Wildman–Crippen LogP) is 4.90. The number of hydrogen-bond acceptors (Lipinski definition) is 3. The Morgan fingerprint density at radius 3 is 2.10 bits per heavy atom. The molecule has 1 atom stereocenters. The van der Waals surface area contributed by atoms with Crippen molar-refractivity contribution in [2.24, 2.45) is 0 Å². The molecule has 0 aliphatic carbocycles. The minimum absolute atomic E-state index is 0.403. The maximum Gasteiger partial charge on any atom is 0.162 e. The summed E-state index contributed by atoms with van der Waals surface area (Å²) < 4.78 is 16.0. The maximum atomic E-state index is 6.54. The first-order valence-corrected chi connectivity index (χ1v) is 6.91. The molecule has 0 saturated carbocycles. The summed E-state index contributed by atoms with van der Waals surface area (Å²) >= 11 is 12.8. The number of hydrogen-bond donors (Lipinski definition) is 0. The fraction of sp³-hybridized carbons (Fsp3) is 0.333. The summed E-state index contributed by atoms with van der Waals surface area (Å²) in [7, 11) is 3.14. The normalized spacial score (nSPS) is 12.3. The van der Waals surface area contributed by atoms with E-state index in [1.165, 1.54) is 0 Å². The van der Waals surface area contributed by atoms with Crippen LogP contribution in [0.1, 0.15) is 28.0 Å². The Morgan fingerprint density at radius 2 is 1.60 bits per heavy atom. The van der Waals surface area contributed by atoms with Gasteiger partial charge >= 0.3 is 0 Å². The topological polar surface area (TPSA) is 31.6 Å². The van der Waals surface area contributed by atoms with Gasteiger partial charge in [-0.2, -0.15) is 0 Å². The monoisotopic (exact) mass is 314 g/mol. The van der Waals surface area contributed by atoms with Crippen molar-refractivity contribution in [2.45, 2.75) is 19.2 Å². The molecule has 1 aromatic carbocycles. The molecule has 0 spiro atoms. The Morgan fingerprint density at radius 1 is 1.00 bits per heavy atom. The number of halogens is 2. The minimum Gasteiger partial charge on any atom is -0.493 e. The van der Waals surface area contributed by atoms with E-state index in [1.807, 2.05) is 19.9 Å². The first-order valence-electron chi connectivity index (χ1n) is 6.10. The van der Waals surface area contributed by atoms with Crippen molar-refractivity contribution < 1.29 is 13.9 Å². The first-order chi connectivity index (χ1) is 9.47. The zero-order valence-corrected chi connectivity index (χ0v) is 13.3. The number of aryl methyl sites for hydroxylation is 2. The van der Waals surface area contributed by atoms with Gasteiger partial charge in [0.1, 0.15) is 11.5 Å². The molecule has 0 saturated heterocycles. The molecule has 2 rings (SSSR count). The number of alkyl halides is 1. The molecule has 0 radical (unpaired) electrons. The molecule has 2 aromatic rings. The predicted molar refractivity (Wildman–Crippen MR) is 80.4 cm³/mol. The number of benzene rings is 1. The van der Waals surface area contributed by atoms with Crippen LogP contribution in [0.3, 0.4) is 0 Å². The molecule has 0 aliphatic heterocycles. The van der Waals surface area contributed by atoms with Crippen LogP contribution in [0.4, 0.5) is 0 Å². The SMILES string of the molecule is COc1cc(Cl)c(C(Cl)c2cc(C)oc2C)cc1OC. The second-order valence-electron chi connectivity index (χ2n) is 4.46. The molecular weight excluding hydrogens is 299 g/mol. The van der Waals surface area contributed by atoms with Crippen LogP contribution < -0.4 is 9.47 Å². The highest BCUT2D eigenvalue weighted by Gasteiger charge is 2.21. The van der Waals surface area contributed by atoms with Gasteiger partial charge in [0, 0.05) is 16.7 Å². The van der Waals surface area contributed by atoms with Crippen LogP contribution in [-0.2, 0) is 0 Å². The zero-order valence-electron chi connectivity index (χ0n) is 11.8. The van der Waals surface area contributed by atoms with Crippen LogP contribution in [0.15, 0.2) is 22.6 Å². The van der Waals surface area contributed by atoms with Crippen molar-refractivity contribution in [3.8, 4) is 11.5 Å². The van der Waals surface area contributed by atoms with E-state index in [4.69, 9.17) is 37.1 Å². The van der Waals surface area contributed by atoms with E-state index < -0.39 is 5.38 Å². The van der Waals surface area contributed by atoms with E-state index in [-0.39, 0.29) is 0 Å². The van der Waals surface area contributed by atoms with Crippen molar-refractivity contribution >= 4 is 23.2 Å². The smallest absolute Gasteiger partial charge is 0.162 e. The largest absolute Gasteiger partial charge is 0.493 e. The summed E-state index contributed by atoms with van der Waals surface area (Å²) in [5.74, 6) is 2.77. The first kappa shape index (κ1) is 15.1. The van der Waals surface area contributed by atoms with Crippen LogP contribution in [0.25, 0.3) is 0 Å². The Hall–Kier alpha value is -1.32. The highest BCUT2D eigenvalue weighted by atomic mass is 35.5. The van der Waals surface area contributed by atoms with E-state index in [9.17, 15) is 0 Å². The molecule has 20 heavy (non-hydrogen) atoms. The second kappa shape index (κ2) is 5.98. The van der Waals surface area contributed by atoms with Crippen LogP contribution in [0.5, 0.6) is 11.5 Å². The van der Waals surface area contributed by atoms with E-state index in [1.54, 1.807) is 26.4 Å². The summed E-state index contributed by atoms with van der Waals surface area (Å²) in [5, 5.41) is 0.126. The van der Waals surface area contributed by atoms with Gasteiger partial charge in [-0.1, -0.05) is 11.6 Å². The third-order valence-corrected chi connectivity index (χ3v) is 3.93. The lowest BCUT2D eigenvalue weighted by Gasteiger charge is -2.15. The van der Waals surface area contributed by atoms with Crippen LogP contribution in [0.2, 0.25) is 5.02 Å². The van der Waals surface area contributed by atoms with E-state index in [2.05, 4.69) is 0 Å². The van der Waals surface area contributed by atoms with Gasteiger partial charge in [0.15, 0.2) is 11.5 Å². The molecule has 108 valence electrons. The zero-order chi connectivity index (χ0) is 14.9. The number of methoxy groups -OCH3 is 2. The van der Waals surface area contributed by atoms with Gasteiger partial charge in [-0.3, -0.25) is 0 Å². The molecule has 0 bridgehead atoms. The Kier molecular flexibility index (Phi) is 4.51. The fourth-order valence-corrected chi connectivity index (χ4v) is 2.85. The summed E-state index contributed by atoms with van der Waals surface area (Å²) in [6.07, 6.45) is 0. The van der Waals surface area contributed by atoms with Gasteiger partial charge in [-0.05, 0) is 31.5 Å². The van der Waals surface area contributed by atoms with Crippen molar-refractivity contribution in [2.75, 3.05) is 14.2 Å². The molecule has 1 aromatic heterocycles. The Labute approximate surface area is 128 Å². The van der Waals surface area contributed by atoms with Gasteiger partial charge in [-0.25, -0.2) is 0 Å². The van der Waals surface area contributed by atoms with Crippen molar-refractivity contribution in [1.82, 2.24) is 0 Å². The molecule has 0 amide bonds. The summed E-state index contributed by atoms with van der Waals surface area (Å²) in [4.78, 5) is 0. The highest BCUT2D eigenvalue weighted by Crippen LogP contribution is 2.41. The molecule has 1 unspecified atom stereocenters. The number of furan rings is 1. The average Bonchev–Trinajstić information content (AvgIpc) is 2.76. The maximum absolute atomic E-state index is 6.54. The Balaban J connectivity index is 2.49. The van der Waals surface area contributed by atoms with Gasteiger partial charge in [0.05, 0.1) is 19.6 Å². The van der Waals surface area contributed by atoms with Crippen LogP contribution in [-0.4, -0.2) is 14.2 Å². The van der Waals surface area contributed by atoms with E-state index >= 15 is 0 Å². The van der Waals surface area contributed by atoms with E-state index in [0.29, 0.717) is 16.5 Å². The van der Waals surface area contributed by atoms with Gasteiger partial charge in [0.25, 0.3) is 0 Å². The lowest BCUT2D eigenvalue weighted by atomic mass is 10.0. The summed E-state index contributed by atoms with van der Waals surface area (Å²) in [5.41, 5.74) is 1.66. The lowest BCUT2D eigenvalue weighted by molar-refractivity contribution is 0.354. The minimum atomic E-state index is -0.403. The molecule has 0 fully saturated rings. The quantitative estimate of drug-likeness (QED) is 0.752. The highest BCUT2D eigenvalue weighted by molar-refractivity contribution is 6.33. The fourth-order valence-electron chi connectivity index (χ4n) is 2.13. The molecular formula is C15H16Cl2O3. The molecule has 5 heteroatoms.